The third kappa shape index (κ3) is 8.48. The van der Waals surface area contributed by atoms with Gasteiger partial charge < -0.3 is 19.7 Å². The molecule has 0 aliphatic rings. The standard InChI is InChI=1S/C32H41N3O6S/c1-5-8-22-33-32(37)30(6-2)34(23-25-14-18-27(40-4)19-15-25)31(36)24-35(26-16-20-28(21-17-26)41-7-3)42(38,39)29-12-10-9-11-13-29/h9-21,30H,5-8,22-24H2,1-4H3,(H,33,37)/t30-/m1/s1. The van der Waals surface area contributed by atoms with Crippen molar-refractivity contribution < 1.29 is 27.5 Å². The summed E-state index contributed by atoms with van der Waals surface area (Å²) in [5.74, 6) is 0.472. The molecule has 0 aromatic heterocycles. The number of methoxy groups -OCH3 is 1. The summed E-state index contributed by atoms with van der Waals surface area (Å²) in [4.78, 5) is 28.9. The number of hydrogen-bond acceptors (Lipinski definition) is 6. The summed E-state index contributed by atoms with van der Waals surface area (Å²) < 4.78 is 39.7. The summed E-state index contributed by atoms with van der Waals surface area (Å²) in [5.41, 5.74) is 1.09. The van der Waals surface area contributed by atoms with Crippen molar-refractivity contribution in [3.8, 4) is 11.5 Å². The average molecular weight is 596 g/mol. The Morgan fingerprint density at radius 3 is 2.10 bits per heavy atom. The molecule has 1 N–H and O–H groups in total. The van der Waals surface area contributed by atoms with E-state index in [0.29, 0.717) is 36.8 Å². The van der Waals surface area contributed by atoms with Crippen LogP contribution in [0, 0.1) is 0 Å². The zero-order valence-electron chi connectivity index (χ0n) is 24.8. The fraction of sp³-hybridized carbons (Fsp3) is 0.375. The normalized spacial score (nSPS) is 11.8. The van der Waals surface area contributed by atoms with Crippen molar-refractivity contribution in [2.24, 2.45) is 0 Å². The van der Waals surface area contributed by atoms with Crippen LogP contribution in [0.2, 0.25) is 0 Å². The monoisotopic (exact) mass is 595 g/mol. The largest absolute Gasteiger partial charge is 0.497 e. The van der Waals surface area contributed by atoms with Crippen LogP contribution in [0.3, 0.4) is 0 Å². The molecule has 42 heavy (non-hydrogen) atoms. The average Bonchev–Trinajstić information content (AvgIpc) is 3.01. The fourth-order valence-electron chi connectivity index (χ4n) is 4.48. The Kier molecular flexibility index (Phi) is 12.2. The first-order chi connectivity index (χ1) is 20.2. The van der Waals surface area contributed by atoms with Crippen LogP contribution in [0.25, 0.3) is 0 Å². The molecule has 0 heterocycles. The fourth-order valence-corrected chi connectivity index (χ4v) is 5.91. The lowest BCUT2D eigenvalue weighted by atomic mass is 10.1. The molecule has 0 saturated heterocycles. The minimum Gasteiger partial charge on any atom is -0.497 e. The van der Waals surface area contributed by atoms with Crippen molar-refractivity contribution >= 4 is 27.5 Å². The van der Waals surface area contributed by atoms with E-state index < -0.39 is 28.5 Å². The van der Waals surface area contributed by atoms with Gasteiger partial charge in [0.05, 0.1) is 24.3 Å². The zero-order valence-corrected chi connectivity index (χ0v) is 25.6. The topological polar surface area (TPSA) is 105 Å². The van der Waals surface area contributed by atoms with E-state index in [1.807, 2.05) is 32.9 Å². The molecule has 0 spiro atoms. The summed E-state index contributed by atoms with van der Waals surface area (Å²) in [5, 5.41) is 2.93. The van der Waals surface area contributed by atoms with E-state index in [2.05, 4.69) is 5.32 Å². The predicted molar refractivity (Wildman–Crippen MR) is 164 cm³/mol. The number of hydrogen-bond donors (Lipinski definition) is 1. The van der Waals surface area contributed by atoms with Crippen LogP contribution in [0.5, 0.6) is 11.5 Å². The first kappa shape index (κ1) is 32.5. The summed E-state index contributed by atoms with van der Waals surface area (Å²) in [6.07, 6.45) is 2.09. The maximum Gasteiger partial charge on any atom is 0.264 e. The van der Waals surface area contributed by atoms with Crippen molar-refractivity contribution in [3.05, 3.63) is 84.4 Å². The van der Waals surface area contributed by atoms with Gasteiger partial charge in [-0.25, -0.2) is 8.42 Å². The lowest BCUT2D eigenvalue weighted by molar-refractivity contribution is -0.140. The first-order valence-electron chi connectivity index (χ1n) is 14.3. The zero-order chi connectivity index (χ0) is 30.5. The second kappa shape index (κ2) is 15.8. The third-order valence-electron chi connectivity index (χ3n) is 6.77. The van der Waals surface area contributed by atoms with Crippen LogP contribution >= 0.6 is 0 Å². The van der Waals surface area contributed by atoms with E-state index in [1.54, 1.807) is 61.7 Å². The molecule has 226 valence electrons. The van der Waals surface area contributed by atoms with Crippen molar-refractivity contribution in [2.75, 3.05) is 31.1 Å². The highest BCUT2D eigenvalue weighted by Gasteiger charge is 2.33. The molecular formula is C32H41N3O6S. The lowest BCUT2D eigenvalue weighted by Crippen LogP contribution is -2.52. The number of anilines is 1. The maximum absolute atomic E-state index is 14.1. The van der Waals surface area contributed by atoms with Gasteiger partial charge in [-0.15, -0.1) is 0 Å². The number of carbonyl (C=O) groups is 2. The Hall–Kier alpha value is -4.05. The molecule has 0 aliphatic carbocycles. The lowest BCUT2D eigenvalue weighted by Gasteiger charge is -2.33. The third-order valence-corrected chi connectivity index (χ3v) is 8.56. The van der Waals surface area contributed by atoms with E-state index in [1.165, 1.54) is 17.0 Å². The second-order valence-corrected chi connectivity index (χ2v) is 11.6. The van der Waals surface area contributed by atoms with Crippen molar-refractivity contribution in [3.63, 3.8) is 0 Å². The Morgan fingerprint density at radius 2 is 1.52 bits per heavy atom. The van der Waals surface area contributed by atoms with Crippen molar-refractivity contribution in [1.29, 1.82) is 0 Å². The highest BCUT2D eigenvalue weighted by molar-refractivity contribution is 7.92. The maximum atomic E-state index is 14.1. The SMILES string of the molecule is CCCCNC(=O)[C@@H](CC)N(Cc1ccc(OC)cc1)C(=O)CN(c1ccc(OCC)cc1)S(=O)(=O)c1ccccc1. The van der Waals surface area contributed by atoms with Gasteiger partial charge in [0.15, 0.2) is 0 Å². The molecule has 0 radical (unpaired) electrons. The van der Waals surface area contributed by atoms with Gasteiger partial charge in [0.1, 0.15) is 24.1 Å². The minimum absolute atomic E-state index is 0.0535. The van der Waals surface area contributed by atoms with Crippen LogP contribution in [0.1, 0.15) is 45.6 Å². The number of amides is 2. The van der Waals surface area contributed by atoms with E-state index in [-0.39, 0.29) is 17.3 Å². The van der Waals surface area contributed by atoms with Gasteiger partial charge in [-0.2, -0.15) is 0 Å². The van der Waals surface area contributed by atoms with Crippen LogP contribution in [0.15, 0.2) is 83.8 Å². The highest BCUT2D eigenvalue weighted by atomic mass is 32.2. The van der Waals surface area contributed by atoms with Crippen molar-refractivity contribution in [2.45, 2.75) is 57.5 Å². The minimum atomic E-state index is -4.13. The van der Waals surface area contributed by atoms with Gasteiger partial charge in [-0.05, 0) is 73.9 Å². The highest BCUT2D eigenvalue weighted by Crippen LogP contribution is 2.27. The molecule has 0 aliphatic heterocycles. The van der Waals surface area contributed by atoms with E-state index in [4.69, 9.17) is 9.47 Å². The Bertz CT molecular complexity index is 1380. The molecule has 3 rings (SSSR count). The first-order valence-corrected chi connectivity index (χ1v) is 15.7. The van der Waals surface area contributed by atoms with E-state index >= 15 is 0 Å². The number of sulfonamides is 1. The van der Waals surface area contributed by atoms with Gasteiger partial charge in [-0.3, -0.25) is 13.9 Å². The van der Waals surface area contributed by atoms with Crippen LogP contribution in [-0.2, 0) is 26.2 Å². The van der Waals surface area contributed by atoms with Crippen molar-refractivity contribution in [1.82, 2.24) is 10.2 Å². The number of nitrogens with zero attached hydrogens (tertiary/aromatic N) is 2. The number of unbranched alkanes of at least 4 members (excludes halogenated alkanes) is 1. The molecule has 10 heteroatoms. The molecule has 0 fully saturated rings. The second-order valence-electron chi connectivity index (χ2n) is 9.69. The molecule has 0 bridgehead atoms. The van der Waals surface area contributed by atoms with Gasteiger partial charge in [-0.1, -0.05) is 50.6 Å². The van der Waals surface area contributed by atoms with Crippen LogP contribution < -0.4 is 19.1 Å². The predicted octanol–water partition coefficient (Wildman–Crippen LogP) is 5.01. The van der Waals surface area contributed by atoms with Gasteiger partial charge >= 0.3 is 0 Å². The summed E-state index contributed by atoms with van der Waals surface area (Å²) in [6, 6.07) is 21.0. The molecule has 9 nitrogen and oxygen atoms in total. The van der Waals surface area contributed by atoms with Gasteiger partial charge in [0.25, 0.3) is 10.0 Å². The Morgan fingerprint density at radius 1 is 0.881 bits per heavy atom. The van der Waals surface area contributed by atoms with Crippen LogP contribution in [-0.4, -0.2) is 58.0 Å². The van der Waals surface area contributed by atoms with Gasteiger partial charge in [0, 0.05) is 13.1 Å². The smallest absolute Gasteiger partial charge is 0.264 e. The Labute approximate surface area is 249 Å². The summed E-state index contributed by atoms with van der Waals surface area (Å²) >= 11 is 0. The molecule has 0 saturated carbocycles. The molecule has 3 aromatic carbocycles. The number of nitrogens with one attached hydrogen (secondary N) is 1. The number of rotatable bonds is 16. The Balaban J connectivity index is 2.02. The molecule has 0 unspecified atom stereocenters. The molecule has 1 atom stereocenters. The van der Waals surface area contributed by atoms with Gasteiger partial charge in [0.2, 0.25) is 11.8 Å². The number of benzene rings is 3. The number of ether oxygens (including phenoxy) is 2. The quantitative estimate of drug-likeness (QED) is 0.234. The molecule has 3 aromatic rings. The summed E-state index contributed by atoms with van der Waals surface area (Å²) in [6.45, 7) is 6.30. The van der Waals surface area contributed by atoms with Crippen LogP contribution in [0.4, 0.5) is 5.69 Å². The molecular weight excluding hydrogens is 554 g/mol. The number of carbonyl (C=O) groups excluding carboxylic acids is 2. The van der Waals surface area contributed by atoms with E-state index in [9.17, 15) is 18.0 Å². The molecule has 2 amide bonds. The van der Waals surface area contributed by atoms with E-state index in [0.717, 1.165) is 22.7 Å². The summed E-state index contributed by atoms with van der Waals surface area (Å²) in [7, 11) is -2.56.